The van der Waals surface area contributed by atoms with Crippen LogP contribution in [0.4, 0.5) is 0 Å². The van der Waals surface area contributed by atoms with Crippen LogP contribution in [-0.2, 0) is 0 Å². The highest BCUT2D eigenvalue weighted by atomic mass is 35.5. The van der Waals surface area contributed by atoms with Crippen molar-refractivity contribution in [1.82, 2.24) is 0 Å². The van der Waals surface area contributed by atoms with Crippen molar-refractivity contribution in [3.05, 3.63) is 35.4 Å². The van der Waals surface area contributed by atoms with E-state index in [0.29, 0.717) is 0 Å². The van der Waals surface area contributed by atoms with Crippen molar-refractivity contribution in [2.24, 2.45) is 4.51 Å². The van der Waals surface area contributed by atoms with Crippen LogP contribution in [0.25, 0.3) is 0 Å². The monoisotopic (exact) mass is 153 g/mol. The fourth-order valence-electron chi connectivity index (χ4n) is 0.709. The molecule has 0 aliphatic rings. The van der Waals surface area contributed by atoms with Crippen molar-refractivity contribution < 1.29 is 0 Å². The smallest absolute Gasteiger partial charge is 0.0487 e. The van der Waals surface area contributed by atoms with E-state index in [4.69, 9.17) is 11.8 Å². The summed E-state index contributed by atoms with van der Waals surface area (Å²) in [5, 5.41) is 0. The van der Waals surface area contributed by atoms with Crippen LogP contribution in [0.3, 0.4) is 0 Å². The molecule has 0 fully saturated rings. The van der Waals surface area contributed by atoms with Crippen LogP contribution in [-0.4, -0.2) is 6.21 Å². The second-order valence-electron chi connectivity index (χ2n) is 2.14. The molecule has 52 valence electrons. The molecule has 0 aromatic heterocycles. The number of nitrogens with zero attached hydrogens (tertiary/aromatic N) is 1. The van der Waals surface area contributed by atoms with E-state index < -0.39 is 0 Å². The first-order valence-electron chi connectivity index (χ1n) is 3.04. The van der Waals surface area contributed by atoms with E-state index in [1.807, 2.05) is 31.2 Å². The maximum atomic E-state index is 5.15. The molecule has 0 aliphatic heterocycles. The van der Waals surface area contributed by atoms with Gasteiger partial charge in [-0.05, 0) is 12.5 Å². The van der Waals surface area contributed by atoms with Gasteiger partial charge in [0.1, 0.15) is 0 Å². The lowest BCUT2D eigenvalue weighted by molar-refractivity contribution is 1.47. The lowest BCUT2D eigenvalue weighted by Crippen LogP contribution is -1.78. The van der Waals surface area contributed by atoms with Crippen LogP contribution < -0.4 is 0 Å². The van der Waals surface area contributed by atoms with Crippen LogP contribution in [0.5, 0.6) is 0 Å². The zero-order valence-corrected chi connectivity index (χ0v) is 6.47. The molecule has 0 N–H and O–H groups in total. The number of hydrogen-bond donors (Lipinski definition) is 0. The molecule has 2 heteroatoms. The molecule has 0 unspecified atom stereocenters. The maximum absolute atomic E-state index is 5.15. The molecule has 0 spiro atoms. The summed E-state index contributed by atoms with van der Waals surface area (Å²) in [5.41, 5.74) is 2.27. The Hall–Kier alpha value is -0.820. The van der Waals surface area contributed by atoms with Gasteiger partial charge in [0, 0.05) is 18.0 Å². The van der Waals surface area contributed by atoms with E-state index >= 15 is 0 Å². The zero-order valence-electron chi connectivity index (χ0n) is 5.71. The fourth-order valence-corrected chi connectivity index (χ4v) is 0.822. The Kier molecular flexibility index (Phi) is 2.46. The number of rotatable bonds is 1. The van der Waals surface area contributed by atoms with Gasteiger partial charge >= 0.3 is 0 Å². The molecule has 0 heterocycles. The number of hydrogen-bond acceptors (Lipinski definition) is 1. The molecule has 0 bridgehead atoms. The van der Waals surface area contributed by atoms with Gasteiger partial charge in [0.25, 0.3) is 0 Å². The number of halogens is 1. The molecule has 0 saturated carbocycles. The Labute approximate surface area is 65.5 Å². The Morgan fingerprint density at radius 2 is 1.90 bits per heavy atom. The summed E-state index contributed by atoms with van der Waals surface area (Å²) in [7, 11) is 0. The summed E-state index contributed by atoms with van der Waals surface area (Å²) >= 11 is 5.15. The summed E-state index contributed by atoms with van der Waals surface area (Å²) in [5.74, 6) is 0. The number of benzene rings is 1. The molecule has 1 rings (SSSR count). The van der Waals surface area contributed by atoms with Crippen molar-refractivity contribution in [1.29, 1.82) is 0 Å². The number of aryl methyl sites for hydroxylation is 1. The van der Waals surface area contributed by atoms with Gasteiger partial charge in [0.2, 0.25) is 0 Å². The minimum Gasteiger partial charge on any atom is -0.185 e. The first-order valence-corrected chi connectivity index (χ1v) is 3.38. The van der Waals surface area contributed by atoms with Gasteiger partial charge in [-0.25, -0.2) is 0 Å². The van der Waals surface area contributed by atoms with Crippen molar-refractivity contribution in [2.75, 3.05) is 0 Å². The van der Waals surface area contributed by atoms with Crippen LogP contribution in [0.2, 0.25) is 0 Å². The Balaban J connectivity index is 2.89. The highest BCUT2D eigenvalue weighted by molar-refractivity contribution is 6.18. The lowest BCUT2D eigenvalue weighted by atomic mass is 10.2. The topological polar surface area (TPSA) is 12.4 Å². The fraction of sp³-hybridized carbons (Fsp3) is 0.125. The van der Waals surface area contributed by atoms with Crippen LogP contribution in [0.1, 0.15) is 11.1 Å². The van der Waals surface area contributed by atoms with E-state index in [1.165, 1.54) is 5.56 Å². The van der Waals surface area contributed by atoms with Gasteiger partial charge in [-0.2, -0.15) is 4.51 Å². The van der Waals surface area contributed by atoms with Gasteiger partial charge in [-0.1, -0.05) is 29.8 Å². The molecule has 10 heavy (non-hydrogen) atoms. The van der Waals surface area contributed by atoms with E-state index in [0.717, 1.165) is 5.56 Å². The molecule has 0 atom stereocenters. The third kappa shape index (κ3) is 1.85. The second kappa shape index (κ2) is 3.37. The van der Waals surface area contributed by atoms with Crippen molar-refractivity contribution in [2.45, 2.75) is 6.92 Å². The minimum atomic E-state index is 1.03. The quantitative estimate of drug-likeness (QED) is 0.550. The average molecular weight is 154 g/mol. The highest BCUT2D eigenvalue weighted by Crippen LogP contribution is 2.00. The summed E-state index contributed by atoms with van der Waals surface area (Å²) in [6, 6.07) is 7.99. The van der Waals surface area contributed by atoms with Gasteiger partial charge in [0.05, 0.1) is 0 Å². The predicted molar refractivity (Wildman–Crippen MR) is 44.6 cm³/mol. The Morgan fingerprint density at radius 3 is 2.40 bits per heavy atom. The standard InChI is InChI=1S/C8H8ClN/c1-7-2-4-8(5-3-7)6-10-9/h2-6H,1H3. The van der Waals surface area contributed by atoms with Crippen LogP contribution in [0.15, 0.2) is 28.8 Å². The van der Waals surface area contributed by atoms with Crippen molar-refractivity contribution in [3.8, 4) is 0 Å². The molecule has 0 saturated heterocycles. The van der Waals surface area contributed by atoms with Gasteiger partial charge in [0.15, 0.2) is 0 Å². The van der Waals surface area contributed by atoms with Gasteiger partial charge < -0.3 is 0 Å². The molecule has 1 aromatic rings. The third-order valence-corrected chi connectivity index (χ3v) is 1.37. The molecule has 1 nitrogen and oxygen atoms in total. The normalized spacial score (nSPS) is 10.6. The first kappa shape index (κ1) is 7.29. The van der Waals surface area contributed by atoms with E-state index in [9.17, 15) is 0 Å². The molecule has 1 aromatic carbocycles. The SMILES string of the molecule is Cc1ccc(C=NCl)cc1. The van der Waals surface area contributed by atoms with Crippen molar-refractivity contribution in [3.63, 3.8) is 0 Å². The maximum Gasteiger partial charge on any atom is 0.0487 e. The molecular formula is C8H8ClN. The molecular weight excluding hydrogens is 146 g/mol. The lowest BCUT2D eigenvalue weighted by Gasteiger charge is -1.91. The Bertz CT molecular complexity index is 226. The van der Waals surface area contributed by atoms with E-state index in [2.05, 4.69) is 4.51 Å². The third-order valence-electron chi connectivity index (χ3n) is 1.28. The zero-order chi connectivity index (χ0) is 7.40. The average Bonchev–Trinajstić information content (AvgIpc) is 1.95. The first-order chi connectivity index (χ1) is 4.83. The highest BCUT2D eigenvalue weighted by Gasteiger charge is 1.84. The summed E-state index contributed by atoms with van der Waals surface area (Å²) < 4.78 is 3.38. The summed E-state index contributed by atoms with van der Waals surface area (Å²) in [6.45, 7) is 2.04. The predicted octanol–water partition coefficient (Wildman–Crippen LogP) is 2.57. The van der Waals surface area contributed by atoms with E-state index in [1.54, 1.807) is 6.21 Å². The van der Waals surface area contributed by atoms with Crippen LogP contribution in [0, 0.1) is 6.92 Å². The Morgan fingerprint density at radius 1 is 1.30 bits per heavy atom. The molecule has 0 amide bonds. The van der Waals surface area contributed by atoms with E-state index in [-0.39, 0.29) is 0 Å². The van der Waals surface area contributed by atoms with Gasteiger partial charge in [-0.15, -0.1) is 0 Å². The van der Waals surface area contributed by atoms with Crippen molar-refractivity contribution >= 4 is 18.0 Å². The largest absolute Gasteiger partial charge is 0.185 e. The molecule has 0 radical (unpaired) electrons. The molecule has 0 aliphatic carbocycles. The summed E-state index contributed by atoms with van der Waals surface area (Å²) in [6.07, 6.45) is 1.61. The van der Waals surface area contributed by atoms with Gasteiger partial charge in [-0.3, -0.25) is 0 Å². The second-order valence-corrected chi connectivity index (χ2v) is 2.33. The van der Waals surface area contributed by atoms with Crippen LogP contribution >= 0.6 is 11.8 Å². The minimum absolute atomic E-state index is 1.03. The summed E-state index contributed by atoms with van der Waals surface area (Å²) in [4.78, 5) is 0.